The molecule has 1 aliphatic heterocycles. The second kappa shape index (κ2) is 6.78. The Morgan fingerprint density at radius 1 is 1.15 bits per heavy atom. The standard InChI is InChI=1S/C21H28N4O/c1-15-8-4-6-10-18(15)24-12-13-25(16(2)14-24)21(26)20-17-9-5-7-11-19(17)23(3)22-20/h4,6,8,10,16H,5,7,9,11-14H2,1-3H3. The fourth-order valence-electron chi connectivity index (χ4n) is 4.48. The molecule has 5 nitrogen and oxygen atoms in total. The van der Waals surface area contributed by atoms with Gasteiger partial charge in [0, 0.05) is 49.7 Å². The lowest BCUT2D eigenvalue weighted by atomic mass is 9.95. The number of fused-ring (bicyclic) bond motifs is 1. The molecule has 1 atom stereocenters. The van der Waals surface area contributed by atoms with Gasteiger partial charge >= 0.3 is 0 Å². The second-order valence-electron chi connectivity index (χ2n) is 7.68. The normalized spacial score (nSPS) is 20.2. The van der Waals surface area contributed by atoms with Gasteiger partial charge in [-0.3, -0.25) is 9.48 Å². The molecule has 2 heterocycles. The first-order chi connectivity index (χ1) is 12.6. The smallest absolute Gasteiger partial charge is 0.275 e. The summed E-state index contributed by atoms with van der Waals surface area (Å²) < 4.78 is 1.93. The Labute approximate surface area is 155 Å². The van der Waals surface area contributed by atoms with E-state index in [2.05, 4.69) is 48.1 Å². The molecule has 1 aromatic heterocycles. The van der Waals surface area contributed by atoms with Gasteiger partial charge in [-0.2, -0.15) is 5.10 Å². The van der Waals surface area contributed by atoms with Crippen molar-refractivity contribution in [2.75, 3.05) is 24.5 Å². The third kappa shape index (κ3) is 2.89. The highest BCUT2D eigenvalue weighted by molar-refractivity contribution is 5.94. The van der Waals surface area contributed by atoms with Gasteiger partial charge in [-0.15, -0.1) is 0 Å². The molecule has 0 N–H and O–H groups in total. The van der Waals surface area contributed by atoms with Gasteiger partial charge in [-0.25, -0.2) is 0 Å². The maximum Gasteiger partial charge on any atom is 0.275 e. The number of aryl methyl sites for hydroxylation is 2. The highest BCUT2D eigenvalue weighted by Crippen LogP contribution is 2.27. The fourth-order valence-corrected chi connectivity index (χ4v) is 4.48. The molecular formula is C21H28N4O. The van der Waals surface area contributed by atoms with E-state index in [9.17, 15) is 4.79 Å². The van der Waals surface area contributed by atoms with Crippen LogP contribution in [0.3, 0.4) is 0 Å². The molecule has 5 heteroatoms. The lowest BCUT2D eigenvalue weighted by Crippen LogP contribution is -2.54. The maximum absolute atomic E-state index is 13.2. The average Bonchev–Trinajstić information content (AvgIpc) is 2.99. The van der Waals surface area contributed by atoms with E-state index in [-0.39, 0.29) is 11.9 Å². The number of hydrogen-bond acceptors (Lipinski definition) is 3. The topological polar surface area (TPSA) is 41.4 Å². The SMILES string of the molecule is Cc1ccccc1N1CCN(C(=O)c2nn(C)c3c2CCCC3)C(C)C1. The number of para-hydroxylation sites is 1. The molecule has 1 saturated heterocycles. The maximum atomic E-state index is 13.2. The molecular weight excluding hydrogens is 324 g/mol. The summed E-state index contributed by atoms with van der Waals surface area (Å²) in [6, 6.07) is 8.67. The number of nitrogens with zero attached hydrogens (tertiary/aromatic N) is 4. The minimum absolute atomic E-state index is 0.112. The van der Waals surface area contributed by atoms with Crippen molar-refractivity contribution in [3.05, 3.63) is 46.8 Å². The van der Waals surface area contributed by atoms with Crippen molar-refractivity contribution in [3.63, 3.8) is 0 Å². The van der Waals surface area contributed by atoms with Crippen molar-refractivity contribution in [2.45, 2.75) is 45.6 Å². The van der Waals surface area contributed by atoms with Gasteiger partial charge in [-0.1, -0.05) is 18.2 Å². The predicted molar refractivity (Wildman–Crippen MR) is 104 cm³/mol. The summed E-state index contributed by atoms with van der Waals surface area (Å²) in [5.74, 6) is 0.112. The number of benzene rings is 1. The molecule has 26 heavy (non-hydrogen) atoms. The van der Waals surface area contributed by atoms with Crippen molar-refractivity contribution >= 4 is 11.6 Å². The Morgan fingerprint density at radius 2 is 1.92 bits per heavy atom. The minimum atomic E-state index is 0.112. The quantitative estimate of drug-likeness (QED) is 0.834. The number of rotatable bonds is 2. The van der Waals surface area contributed by atoms with Crippen LogP contribution in [0.2, 0.25) is 0 Å². The van der Waals surface area contributed by atoms with Gasteiger partial charge in [0.15, 0.2) is 5.69 Å². The molecule has 0 radical (unpaired) electrons. The Kier molecular flexibility index (Phi) is 4.47. The number of amides is 1. The van der Waals surface area contributed by atoms with E-state index in [1.165, 1.54) is 28.9 Å². The molecule has 1 fully saturated rings. The molecule has 1 aliphatic carbocycles. The lowest BCUT2D eigenvalue weighted by molar-refractivity contribution is 0.0666. The van der Waals surface area contributed by atoms with E-state index in [0.29, 0.717) is 5.69 Å². The third-order valence-electron chi connectivity index (χ3n) is 5.91. The molecule has 1 amide bonds. The van der Waals surface area contributed by atoms with Crippen LogP contribution in [0.1, 0.15) is 47.1 Å². The fraction of sp³-hybridized carbons (Fsp3) is 0.524. The zero-order chi connectivity index (χ0) is 18.3. The summed E-state index contributed by atoms with van der Waals surface area (Å²) in [5.41, 5.74) is 5.71. The highest BCUT2D eigenvalue weighted by atomic mass is 16.2. The molecule has 4 rings (SSSR count). The van der Waals surface area contributed by atoms with Crippen molar-refractivity contribution < 1.29 is 4.79 Å². The number of carbonyl (C=O) groups is 1. The number of hydrogen-bond donors (Lipinski definition) is 0. The Morgan fingerprint density at radius 3 is 2.69 bits per heavy atom. The van der Waals surface area contributed by atoms with Gasteiger partial charge in [-0.05, 0) is 51.2 Å². The van der Waals surface area contributed by atoms with E-state index < -0.39 is 0 Å². The summed E-state index contributed by atoms with van der Waals surface area (Å²) in [5, 5.41) is 4.60. The molecule has 138 valence electrons. The Hall–Kier alpha value is -2.30. The van der Waals surface area contributed by atoms with Gasteiger partial charge in [0.1, 0.15) is 0 Å². The van der Waals surface area contributed by atoms with Gasteiger partial charge in [0.2, 0.25) is 0 Å². The molecule has 0 saturated carbocycles. The van der Waals surface area contributed by atoms with Crippen LogP contribution in [-0.4, -0.2) is 46.3 Å². The number of carbonyl (C=O) groups excluding carboxylic acids is 1. The van der Waals surface area contributed by atoms with E-state index in [4.69, 9.17) is 0 Å². The monoisotopic (exact) mass is 352 g/mol. The Balaban J connectivity index is 1.53. The lowest BCUT2D eigenvalue weighted by Gasteiger charge is -2.41. The van der Waals surface area contributed by atoms with Gasteiger partial charge in [0.05, 0.1) is 0 Å². The van der Waals surface area contributed by atoms with Gasteiger partial charge < -0.3 is 9.80 Å². The van der Waals surface area contributed by atoms with E-state index in [1.54, 1.807) is 0 Å². The van der Waals surface area contributed by atoms with Crippen molar-refractivity contribution in [1.29, 1.82) is 0 Å². The van der Waals surface area contributed by atoms with Crippen LogP contribution in [0.5, 0.6) is 0 Å². The third-order valence-corrected chi connectivity index (χ3v) is 5.91. The minimum Gasteiger partial charge on any atom is -0.367 e. The van der Waals surface area contributed by atoms with E-state index in [0.717, 1.165) is 38.9 Å². The summed E-state index contributed by atoms with van der Waals surface area (Å²) in [7, 11) is 1.97. The molecule has 1 aromatic carbocycles. The largest absolute Gasteiger partial charge is 0.367 e. The van der Waals surface area contributed by atoms with Crippen LogP contribution >= 0.6 is 0 Å². The van der Waals surface area contributed by atoms with Gasteiger partial charge in [0.25, 0.3) is 5.91 Å². The average molecular weight is 352 g/mol. The summed E-state index contributed by atoms with van der Waals surface area (Å²) in [6.45, 7) is 6.79. The first kappa shape index (κ1) is 17.1. The molecule has 2 aromatic rings. The summed E-state index contributed by atoms with van der Waals surface area (Å²) in [4.78, 5) is 17.7. The second-order valence-corrected chi connectivity index (χ2v) is 7.68. The number of aromatic nitrogens is 2. The van der Waals surface area contributed by atoms with Crippen LogP contribution < -0.4 is 4.90 Å². The molecule has 0 spiro atoms. The van der Waals surface area contributed by atoms with E-state index >= 15 is 0 Å². The van der Waals surface area contributed by atoms with Crippen LogP contribution in [0, 0.1) is 6.92 Å². The zero-order valence-corrected chi connectivity index (χ0v) is 16.0. The van der Waals surface area contributed by atoms with Crippen LogP contribution in [0.25, 0.3) is 0 Å². The summed E-state index contributed by atoms with van der Waals surface area (Å²) in [6.07, 6.45) is 4.39. The number of anilines is 1. The molecule has 0 bridgehead atoms. The van der Waals surface area contributed by atoms with Crippen molar-refractivity contribution in [2.24, 2.45) is 7.05 Å². The van der Waals surface area contributed by atoms with Crippen LogP contribution in [0.15, 0.2) is 24.3 Å². The van der Waals surface area contributed by atoms with Crippen LogP contribution in [0.4, 0.5) is 5.69 Å². The number of piperazine rings is 1. The first-order valence-electron chi connectivity index (χ1n) is 9.72. The molecule has 1 unspecified atom stereocenters. The predicted octanol–water partition coefficient (Wildman–Crippen LogP) is 2.96. The summed E-state index contributed by atoms with van der Waals surface area (Å²) >= 11 is 0. The first-order valence-corrected chi connectivity index (χ1v) is 9.72. The molecule has 2 aliphatic rings. The van der Waals surface area contributed by atoms with Crippen molar-refractivity contribution in [1.82, 2.24) is 14.7 Å². The zero-order valence-electron chi connectivity index (χ0n) is 16.0. The highest BCUT2D eigenvalue weighted by Gasteiger charge is 2.32. The van der Waals surface area contributed by atoms with Crippen LogP contribution in [-0.2, 0) is 19.9 Å². The Bertz CT molecular complexity index is 825. The van der Waals surface area contributed by atoms with Crippen molar-refractivity contribution in [3.8, 4) is 0 Å². The van der Waals surface area contributed by atoms with E-state index in [1.807, 2.05) is 16.6 Å².